The number of hydrogen-bond acceptors (Lipinski definition) is 2. The molecule has 1 N–H and O–H groups in total. The Hall–Kier alpha value is -1.38. The molecule has 0 spiro atoms. The van der Waals surface area contributed by atoms with Crippen molar-refractivity contribution < 1.29 is 0 Å². The van der Waals surface area contributed by atoms with Gasteiger partial charge < -0.3 is 5.32 Å². The highest BCUT2D eigenvalue weighted by molar-refractivity contribution is 6.31. The van der Waals surface area contributed by atoms with Gasteiger partial charge >= 0.3 is 0 Å². The fourth-order valence-electron chi connectivity index (χ4n) is 2.28. The first-order valence-electron chi connectivity index (χ1n) is 7.00. The van der Waals surface area contributed by atoms with Crippen LogP contribution in [0.15, 0.2) is 42.7 Å². The van der Waals surface area contributed by atoms with Crippen LogP contribution in [0, 0.1) is 6.92 Å². The zero-order valence-electron chi connectivity index (χ0n) is 12.1. The van der Waals surface area contributed by atoms with E-state index in [1.807, 2.05) is 13.1 Å². The van der Waals surface area contributed by atoms with E-state index in [9.17, 15) is 0 Å². The highest BCUT2D eigenvalue weighted by atomic mass is 35.5. The van der Waals surface area contributed by atoms with Crippen molar-refractivity contribution in [3.05, 3.63) is 64.4 Å². The number of benzene rings is 1. The van der Waals surface area contributed by atoms with Gasteiger partial charge in [-0.2, -0.15) is 0 Å². The van der Waals surface area contributed by atoms with Gasteiger partial charge in [-0.3, -0.25) is 4.98 Å². The van der Waals surface area contributed by atoms with E-state index in [1.54, 1.807) is 12.4 Å². The standard InChI is InChI=1S/C17H21ClN2/c1-13-3-5-14(6-4-13)7-8-16(19-2)11-15-9-10-20-12-17(15)18/h3-6,9-10,12,16,19H,7-8,11H2,1-2H3. The SMILES string of the molecule is CNC(CCc1ccc(C)cc1)Cc1ccncc1Cl. The average molecular weight is 289 g/mol. The van der Waals surface area contributed by atoms with E-state index in [-0.39, 0.29) is 0 Å². The zero-order valence-corrected chi connectivity index (χ0v) is 12.8. The molecule has 3 heteroatoms. The van der Waals surface area contributed by atoms with E-state index in [4.69, 9.17) is 11.6 Å². The summed E-state index contributed by atoms with van der Waals surface area (Å²) in [6.07, 6.45) is 6.62. The first-order chi connectivity index (χ1) is 9.69. The fourth-order valence-corrected chi connectivity index (χ4v) is 2.48. The Labute approximate surface area is 126 Å². The molecule has 0 fully saturated rings. The van der Waals surface area contributed by atoms with Gasteiger partial charge in [0.15, 0.2) is 0 Å². The Morgan fingerprint density at radius 3 is 2.60 bits per heavy atom. The first-order valence-corrected chi connectivity index (χ1v) is 7.38. The zero-order chi connectivity index (χ0) is 14.4. The number of likely N-dealkylation sites (N-methyl/N-ethyl adjacent to an activating group) is 1. The van der Waals surface area contributed by atoms with Crippen LogP contribution in [-0.2, 0) is 12.8 Å². The molecule has 0 saturated carbocycles. The second-order valence-corrected chi connectivity index (χ2v) is 5.59. The van der Waals surface area contributed by atoms with Crippen LogP contribution in [0.1, 0.15) is 23.1 Å². The van der Waals surface area contributed by atoms with Crippen LogP contribution in [0.4, 0.5) is 0 Å². The summed E-state index contributed by atoms with van der Waals surface area (Å²) in [6, 6.07) is 11.2. The molecule has 0 aliphatic rings. The molecule has 0 saturated heterocycles. The molecule has 1 heterocycles. The maximum Gasteiger partial charge on any atom is 0.0621 e. The Morgan fingerprint density at radius 2 is 1.95 bits per heavy atom. The summed E-state index contributed by atoms with van der Waals surface area (Å²) >= 11 is 6.17. The summed E-state index contributed by atoms with van der Waals surface area (Å²) in [6.45, 7) is 2.12. The first kappa shape index (κ1) is 15.0. The number of aromatic nitrogens is 1. The number of nitrogens with zero attached hydrogens (tertiary/aromatic N) is 1. The molecule has 1 aromatic carbocycles. The summed E-state index contributed by atoms with van der Waals surface area (Å²) in [5.74, 6) is 0. The molecule has 2 rings (SSSR count). The van der Waals surface area contributed by atoms with Gasteiger partial charge in [0.2, 0.25) is 0 Å². The summed E-state index contributed by atoms with van der Waals surface area (Å²) in [7, 11) is 2.01. The van der Waals surface area contributed by atoms with Crippen molar-refractivity contribution in [3.63, 3.8) is 0 Å². The molecular weight excluding hydrogens is 268 g/mol. The van der Waals surface area contributed by atoms with Gasteiger partial charge in [-0.15, -0.1) is 0 Å². The van der Waals surface area contributed by atoms with E-state index < -0.39 is 0 Å². The van der Waals surface area contributed by atoms with Crippen molar-refractivity contribution in [1.29, 1.82) is 0 Å². The van der Waals surface area contributed by atoms with Crippen molar-refractivity contribution in [2.45, 2.75) is 32.2 Å². The summed E-state index contributed by atoms with van der Waals surface area (Å²) in [4.78, 5) is 4.03. The lowest BCUT2D eigenvalue weighted by Gasteiger charge is -2.17. The smallest absolute Gasteiger partial charge is 0.0621 e. The number of hydrogen-bond donors (Lipinski definition) is 1. The Morgan fingerprint density at radius 1 is 1.20 bits per heavy atom. The second-order valence-electron chi connectivity index (χ2n) is 5.18. The Balaban J connectivity index is 1.92. The molecule has 2 aromatic rings. The molecule has 0 amide bonds. The van der Waals surface area contributed by atoms with Crippen LogP contribution in [0.2, 0.25) is 5.02 Å². The van der Waals surface area contributed by atoms with Gasteiger partial charge in [0.05, 0.1) is 5.02 Å². The van der Waals surface area contributed by atoms with Crippen molar-refractivity contribution in [1.82, 2.24) is 10.3 Å². The topological polar surface area (TPSA) is 24.9 Å². The van der Waals surface area contributed by atoms with Crippen molar-refractivity contribution in [3.8, 4) is 0 Å². The lowest BCUT2D eigenvalue weighted by molar-refractivity contribution is 0.520. The quantitative estimate of drug-likeness (QED) is 0.874. The van der Waals surface area contributed by atoms with Gasteiger partial charge in [0.1, 0.15) is 0 Å². The number of aryl methyl sites for hydroxylation is 2. The van der Waals surface area contributed by atoms with Crippen LogP contribution in [0.5, 0.6) is 0 Å². The largest absolute Gasteiger partial charge is 0.317 e. The monoisotopic (exact) mass is 288 g/mol. The molecular formula is C17H21ClN2. The maximum absolute atomic E-state index is 6.17. The third kappa shape index (κ3) is 4.32. The number of halogens is 1. The third-order valence-electron chi connectivity index (χ3n) is 3.63. The van der Waals surface area contributed by atoms with Crippen LogP contribution < -0.4 is 5.32 Å². The van der Waals surface area contributed by atoms with E-state index in [0.29, 0.717) is 6.04 Å². The van der Waals surface area contributed by atoms with E-state index >= 15 is 0 Å². The maximum atomic E-state index is 6.17. The second kappa shape index (κ2) is 7.41. The van der Waals surface area contributed by atoms with E-state index in [1.165, 1.54) is 11.1 Å². The fraction of sp³-hybridized carbons (Fsp3) is 0.353. The Bertz CT molecular complexity index is 537. The van der Waals surface area contributed by atoms with Crippen LogP contribution >= 0.6 is 11.6 Å². The lowest BCUT2D eigenvalue weighted by atomic mass is 9.99. The highest BCUT2D eigenvalue weighted by Gasteiger charge is 2.10. The molecule has 0 radical (unpaired) electrons. The van der Waals surface area contributed by atoms with Crippen LogP contribution in [0.3, 0.4) is 0 Å². The number of rotatable bonds is 6. The van der Waals surface area contributed by atoms with Gasteiger partial charge in [-0.05, 0) is 50.4 Å². The molecule has 0 aliphatic carbocycles. The van der Waals surface area contributed by atoms with Gasteiger partial charge in [0, 0.05) is 18.4 Å². The predicted octanol–water partition coefficient (Wildman–Crippen LogP) is 3.81. The van der Waals surface area contributed by atoms with Gasteiger partial charge in [-0.25, -0.2) is 0 Å². The summed E-state index contributed by atoms with van der Waals surface area (Å²) < 4.78 is 0. The Kier molecular flexibility index (Phi) is 5.57. The lowest BCUT2D eigenvalue weighted by Crippen LogP contribution is -2.28. The third-order valence-corrected chi connectivity index (χ3v) is 3.97. The van der Waals surface area contributed by atoms with Gasteiger partial charge in [0.25, 0.3) is 0 Å². The predicted molar refractivity (Wildman–Crippen MR) is 85.3 cm³/mol. The molecule has 106 valence electrons. The molecule has 1 unspecified atom stereocenters. The average Bonchev–Trinajstić information content (AvgIpc) is 2.47. The van der Waals surface area contributed by atoms with Gasteiger partial charge in [-0.1, -0.05) is 41.4 Å². The van der Waals surface area contributed by atoms with Crippen LogP contribution in [-0.4, -0.2) is 18.1 Å². The minimum absolute atomic E-state index is 0.427. The summed E-state index contributed by atoms with van der Waals surface area (Å²) in [5.41, 5.74) is 3.85. The number of nitrogens with one attached hydrogen (secondary N) is 1. The molecule has 0 aliphatic heterocycles. The van der Waals surface area contributed by atoms with Crippen LogP contribution in [0.25, 0.3) is 0 Å². The van der Waals surface area contributed by atoms with E-state index in [2.05, 4.69) is 41.5 Å². The molecule has 0 bridgehead atoms. The molecule has 1 aromatic heterocycles. The molecule has 1 atom stereocenters. The molecule has 20 heavy (non-hydrogen) atoms. The normalized spacial score (nSPS) is 12.3. The minimum atomic E-state index is 0.427. The minimum Gasteiger partial charge on any atom is -0.317 e. The highest BCUT2D eigenvalue weighted by Crippen LogP contribution is 2.17. The number of pyridine rings is 1. The van der Waals surface area contributed by atoms with E-state index in [0.717, 1.165) is 29.8 Å². The molecule has 2 nitrogen and oxygen atoms in total. The van der Waals surface area contributed by atoms with Crippen molar-refractivity contribution >= 4 is 11.6 Å². The van der Waals surface area contributed by atoms with Crippen molar-refractivity contribution in [2.75, 3.05) is 7.05 Å². The van der Waals surface area contributed by atoms with Crippen molar-refractivity contribution in [2.24, 2.45) is 0 Å². The summed E-state index contributed by atoms with van der Waals surface area (Å²) in [5, 5.41) is 4.13.